The molecule has 0 atom stereocenters. The van der Waals surface area contributed by atoms with Crippen molar-refractivity contribution in [3.63, 3.8) is 0 Å². The maximum absolute atomic E-state index is 13.7. The zero-order valence-electron chi connectivity index (χ0n) is 15.6. The van der Waals surface area contributed by atoms with E-state index in [0.29, 0.717) is 59.9 Å². The van der Waals surface area contributed by atoms with Crippen molar-refractivity contribution >= 4 is 23.4 Å². The van der Waals surface area contributed by atoms with Gasteiger partial charge in [0.15, 0.2) is 0 Å². The van der Waals surface area contributed by atoms with Gasteiger partial charge in [-0.15, -0.1) is 0 Å². The first kappa shape index (κ1) is 18.9. The van der Waals surface area contributed by atoms with E-state index in [1.54, 1.807) is 34.7 Å². The normalized spacial score (nSPS) is 23.8. The van der Waals surface area contributed by atoms with E-state index in [1.165, 1.54) is 0 Å². The Hall–Kier alpha value is -2.41. The number of halogens is 2. The molecule has 0 unspecified atom stereocenters. The zero-order valence-corrected chi connectivity index (χ0v) is 16.4. The summed E-state index contributed by atoms with van der Waals surface area (Å²) in [6.45, 7) is 2.82. The molecule has 2 N–H and O–H groups in total. The molecular formula is C20H22ClFN4O2. The van der Waals surface area contributed by atoms with Gasteiger partial charge in [0.2, 0.25) is 5.91 Å². The van der Waals surface area contributed by atoms with Gasteiger partial charge in [-0.25, -0.2) is 4.39 Å². The first-order valence-electron chi connectivity index (χ1n) is 9.35. The molecule has 1 fully saturated rings. The number of aromatic nitrogens is 2. The molecule has 148 valence electrons. The average molecular weight is 405 g/mol. The molecule has 2 aromatic rings. The monoisotopic (exact) mass is 404 g/mol. The average Bonchev–Trinajstić information content (AvgIpc) is 2.99. The predicted molar refractivity (Wildman–Crippen MR) is 103 cm³/mol. The highest BCUT2D eigenvalue weighted by atomic mass is 35.5. The fraction of sp³-hybridized carbons (Fsp3) is 0.450. The Morgan fingerprint density at radius 3 is 2.75 bits per heavy atom. The highest BCUT2D eigenvalue weighted by Crippen LogP contribution is 2.43. The van der Waals surface area contributed by atoms with Gasteiger partial charge < -0.3 is 10.6 Å². The highest BCUT2D eigenvalue weighted by molar-refractivity contribution is 6.30. The summed E-state index contributed by atoms with van der Waals surface area (Å²) in [6, 6.07) is 7.08. The number of hydrogen-bond donors (Lipinski definition) is 1. The molecule has 8 heteroatoms. The topological polar surface area (TPSA) is 81.2 Å². The molecule has 0 radical (unpaired) electrons. The van der Waals surface area contributed by atoms with Gasteiger partial charge in [0.05, 0.1) is 24.3 Å². The fourth-order valence-electron chi connectivity index (χ4n) is 4.29. The lowest BCUT2D eigenvalue weighted by molar-refractivity contribution is -0.135. The first-order valence-corrected chi connectivity index (χ1v) is 9.73. The number of rotatable bonds is 4. The number of nitrogens with two attached hydrogens (primary N) is 1. The summed E-state index contributed by atoms with van der Waals surface area (Å²) in [7, 11) is 0. The summed E-state index contributed by atoms with van der Waals surface area (Å²) in [5.74, 6) is -0.516. The van der Waals surface area contributed by atoms with Gasteiger partial charge in [0.1, 0.15) is 11.4 Å². The summed E-state index contributed by atoms with van der Waals surface area (Å²) in [5, 5.41) is 5.09. The molecule has 0 spiro atoms. The van der Waals surface area contributed by atoms with Crippen molar-refractivity contribution in [2.24, 2.45) is 11.7 Å². The van der Waals surface area contributed by atoms with Crippen LogP contribution >= 0.6 is 11.6 Å². The standard InChI is InChI=1S/C20H22ClFN4O2/c1-20(22)9-12(10-20)7-16(27)25-5-6-26-15(11-25)17(19(23)28)18(24-26)13-3-2-4-14(21)8-13/h2-4,8,12H,5-7,9-11H2,1H3,(H2,23,28). The van der Waals surface area contributed by atoms with Gasteiger partial charge in [-0.05, 0) is 37.8 Å². The zero-order chi connectivity index (χ0) is 20.1. The van der Waals surface area contributed by atoms with Crippen LogP contribution in [0.5, 0.6) is 0 Å². The van der Waals surface area contributed by atoms with E-state index in [9.17, 15) is 14.0 Å². The van der Waals surface area contributed by atoms with Crippen LogP contribution in [0, 0.1) is 5.92 Å². The van der Waals surface area contributed by atoms with Crippen LogP contribution in [0.15, 0.2) is 24.3 Å². The minimum atomic E-state index is -1.14. The quantitative estimate of drug-likeness (QED) is 0.849. The number of primary amides is 1. The molecule has 6 nitrogen and oxygen atoms in total. The number of alkyl halides is 1. The second-order valence-electron chi connectivity index (χ2n) is 7.98. The van der Waals surface area contributed by atoms with E-state index in [-0.39, 0.29) is 18.4 Å². The molecule has 2 amide bonds. The molecule has 1 aliphatic heterocycles. The Kier molecular flexibility index (Phi) is 4.65. The largest absolute Gasteiger partial charge is 0.365 e. The van der Waals surface area contributed by atoms with Crippen LogP contribution in [-0.4, -0.2) is 38.7 Å². The lowest BCUT2D eigenvalue weighted by atomic mass is 9.72. The van der Waals surface area contributed by atoms with Gasteiger partial charge in [-0.1, -0.05) is 23.7 Å². The smallest absolute Gasteiger partial charge is 0.252 e. The molecule has 1 aromatic carbocycles. The molecule has 2 heterocycles. The molecule has 1 aromatic heterocycles. The maximum atomic E-state index is 13.7. The van der Waals surface area contributed by atoms with Crippen molar-refractivity contribution in [3.05, 3.63) is 40.5 Å². The summed E-state index contributed by atoms with van der Waals surface area (Å²) in [4.78, 5) is 26.6. The van der Waals surface area contributed by atoms with Gasteiger partial charge in [0, 0.05) is 23.6 Å². The van der Waals surface area contributed by atoms with E-state index >= 15 is 0 Å². The van der Waals surface area contributed by atoms with Gasteiger partial charge in [0.25, 0.3) is 5.91 Å². The molecule has 0 saturated heterocycles. The third-order valence-corrected chi connectivity index (χ3v) is 5.80. The number of hydrogen-bond acceptors (Lipinski definition) is 3. The molecule has 0 bridgehead atoms. The fourth-order valence-corrected chi connectivity index (χ4v) is 4.48. The minimum Gasteiger partial charge on any atom is -0.365 e. The van der Waals surface area contributed by atoms with Crippen molar-refractivity contribution in [1.82, 2.24) is 14.7 Å². The van der Waals surface area contributed by atoms with Crippen molar-refractivity contribution in [3.8, 4) is 11.3 Å². The summed E-state index contributed by atoms with van der Waals surface area (Å²) in [5.41, 5.74) is 6.64. The number of nitrogens with zero attached hydrogens (tertiary/aromatic N) is 3. The Labute approximate surface area is 167 Å². The lowest BCUT2D eigenvalue weighted by Gasteiger charge is -2.39. The number of carbonyl (C=O) groups is 2. The van der Waals surface area contributed by atoms with Crippen LogP contribution < -0.4 is 5.73 Å². The molecule has 28 heavy (non-hydrogen) atoms. The molecule has 2 aliphatic rings. The number of benzene rings is 1. The maximum Gasteiger partial charge on any atom is 0.252 e. The second kappa shape index (κ2) is 6.88. The van der Waals surface area contributed by atoms with E-state index in [4.69, 9.17) is 17.3 Å². The number of fused-ring (bicyclic) bond motifs is 1. The van der Waals surface area contributed by atoms with Crippen molar-refractivity contribution in [2.75, 3.05) is 6.54 Å². The number of carbonyl (C=O) groups excluding carboxylic acids is 2. The predicted octanol–water partition coefficient (Wildman–Crippen LogP) is 3.17. The van der Waals surface area contributed by atoms with Gasteiger partial charge >= 0.3 is 0 Å². The number of amides is 2. The van der Waals surface area contributed by atoms with E-state index in [1.807, 2.05) is 6.07 Å². The highest BCUT2D eigenvalue weighted by Gasteiger charge is 2.42. The van der Waals surface area contributed by atoms with Crippen molar-refractivity contribution in [1.29, 1.82) is 0 Å². The molecular weight excluding hydrogens is 383 g/mol. The van der Waals surface area contributed by atoms with Gasteiger partial charge in [-0.2, -0.15) is 5.10 Å². The van der Waals surface area contributed by atoms with Crippen LogP contribution in [0.25, 0.3) is 11.3 Å². The van der Waals surface area contributed by atoms with Crippen LogP contribution in [-0.2, 0) is 17.9 Å². The summed E-state index contributed by atoms with van der Waals surface area (Å²) < 4.78 is 15.4. The van der Waals surface area contributed by atoms with Crippen LogP contribution in [0.2, 0.25) is 5.02 Å². The summed E-state index contributed by atoms with van der Waals surface area (Å²) in [6.07, 6.45) is 1.19. The molecule has 1 saturated carbocycles. The Bertz CT molecular complexity index is 948. The third kappa shape index (κ3) is 3.51. The second-order valence-corrected chi connectivity index (χ2v) is 8.41. The first-order chi connectivity index (χ1) is 13.2. The third-order valence-electron chi connectivity index (χ3n) is 5.57. The van der Waals surface area contributed by atoms with Crippen molar-refractivity contribution < 1.29 is 14.0 Å². The Morgan fingerprint density at radius 2 is 2.11 bits per heavy atom. The van der Waals surface area contributed by atoms with E-state index < -0.39 is 11.6 Å². The Balaban J connectivity index is 1.58. The van der Waals surface area contributed by atoms with Crippen LogP contribution in [0.4, 0.5) is 4.39 Å². The molecule has 4 rings (SSSR count). The van der Waals surface area contributed by atoms with E-state index in [0.717, 1.165) is 0 Å². The van der Waals surface area contributed by atoms with Crippen molar-refractivity contribution in [2.45, 2.75) is 44.9 Å². The summed E-state index contributed by atoms with van der Waals surface area (Å²) >= 11 is 6.08. The van der Waals surface area contributed by atoms with Gasteiger partial charge in [-0.3, -0.25) is 14.3 Å². The minimum absolute atomic E-state index is 0.0207. The van der Waals surface area contributed by atoms with E-state index in [2.05, 4.69) is 5.10 Å². The van der Waals surface area contributed by atoms with Crippen LogP contribution in [0.3, 0.4) is 0 Å². The molecule has 1 aliphatic carbocycles. The Morgan fingerprint density at radius 1 is 1.36 bits per heavy atom. The SMILES string of the molecule is CC1(F)CC(CC(=O)N2CCn3nc(-c4cccc(Cl)c4)c(C(N)=O)c3C2)C1. The lowest BCUT2D eigenvalue weighted by Crippen LogP contribution is -2.43. The van der Waals surface area contributed by atoms with Crippen LogP contribution in [0.1, 0.15) is 42.2 Å².